The number of hydrogen-bond acceptors (Lipinski definition) is 4. The largest absolute Gasteiger partial charge is 0.495 e. The molecule has 0 radical (unpaired) electrons. The molecule has 0 aliphatic rings. The van der Waals surface area contributed by atoms with E-state index >= 15 is 0 Å². The van der Waals surface area contributed by atoms with Crippen molar-refractivity contribution in [1.82, 2.24) is 0 Å². The Morgan fingerprint density at radius 1 is 0.967 bits per heavy atom. The Morgan fingerprint density at radius 2 is 1.70 bits per heavy atom. The van der Waals surface area contributed by atoms with E-state index in [1.54, 1.807) is 42.5 Å². The van der Waals surface area contributed by atoms with E-state index in [1.165, 1.54) is 7.11 Å². The van der Waals surface area contributed by atoms with E-state index in [0.717, 1.165) is 17.7 Å². The lowest BCUT2D eigenvalue weighted by atomic mass is 10.1. The topological polar surface area (TPSA) is 64.6 Å². The van der Waals surface area contributed by atoms with Crippen molar-refractivity contribution >= 4 is 17.6 Å². The minimum absolute atomic E-state index is 0.387. The molecule has 5 nitrogen and oxygen atoms in total. The maximum atomic E-state index is 14.0. The van der Waals surface area contributed by atoms with Gasteiger partial charge in [0.15, 0.2) is 0 Å². The molecule has 0 heterocycles. The highest BCUT2D eigenvalue weighted by molar-refractivity contribution is 5.99. The van der Waals surface area contributed by atoms with E-state index in [1.807, 2.05) is 13.0 Å². The molecule has 0 saturated carbocycles. The molecule has 1 N–H and O–H groups in total. The van der Waals surface area contributed by atoms with Gasteiger partial charge in [-0.05, 0) is 36.8 Å². The Bertz CT molecular complexity index is 1070. The number of hydrogen-bond donors (Lipinski definition) is 1. The van der Waals surface area contributed by atoms with E-state index in [-0.39, 0.29) is 0 Å². The van der Waals surface area contributed by atoms with Gasteiger partial charge in [0.05, 0.1) is 18.4 Å². The smallest absolute Gasteiger partial charge is 0.342 e. The first-order chi connectivity index (χ1) is 14.4. The molecule has 0 aliphatic carbocycles. The van der Waals surface area contributed by atoms with E-state index in [0.29, 0.717) is 23.1 Å². The molecule has 0 spiro atoms. The Kier molecular flexibility index (Phi) is 6.41. The highest BCUT2D eigenvalue weighted by Crippen LogP contribution is 2.28. The van der Waals surface area contributed by atoms with Gasteiger partial charge in [0, 0.05) is 11.6 Å². The van der Waals surface area contributed by atoms with E-state index in [9.17, 15) is 18.4 Å². The minimum atomic E-state index is -1.37. The second-order valence-electron chi connectivity index (χ2n) is 6.51. The monoisotopic (exact) mass is 411 g/mol. The molecule has 1 amide bonds. The van der Waals surface area contributed by atoms with Crippen LogP contribution < -0.4 is 10.1 Å². The molecule has 3 aromatic rings. The number of anilines is 1. The maximum Gasteiger partial charge on any atom is 0.342 e. The van der Waals surface area contributed by atoms with Gasteiger partial charge in [0.1, 0.15) is 17.4 Å². The predicted octanol–water partition coefficient (Wildman–Crippen LogP) is 4.82. The molecule has 3 aromatic carbocycles. The number of benzene rings is 3. The number of aryl methyl sites for hydroxylation is 1. The van der Waals surface area contributed by atoms with Crippen LogP contribution in [0.3, 0.4) is 0 Å². The molecule has 0 aromatic heterocycles. The maximum absolute atomic E-state index is 14.0. The van der Waals surface area contributed by atoms with Gasteiger partial charge in [-0.3, -0.25) is 4.79 Å². The molecule has 0 saturated heterocycles. The lowest BCUT2D eigenvalue weighted by Gasteiger charge is -2.19. The van der Waals surface area contributed by atoms with Gasteiger partial charge >= 0.3 is 5.97 Å². The Morgan fingerprint density at radius 3 is 2.37 bits per heavy atom. The molecule has 0 aliphatic heterocycles. The fourth-order valence-corrected chi connectivity index (χ4v) is 2.84. The zero-order valence-electron chi connectivity index (χ0n) is 16.3. The van der Waals surface area contributed by atoms with Gasteiger partial charge in [-0.1, -0.05) is 36.4 Å². The van der Waals surface area contributed by atoms with Crippen LogP contribution in [0.1, 0.15) is 27.6 Å². The first-order valence-corrected chi connectivity index (χ1v) is 9.05. The van der Waals surface area contributed by atoms with Crippen molar-refractivity contribution in [2.45, 2.75) is 13.0 Å². The molecule has 30 heavy (non-hydrogen) atoms. The highest BCUT2D eigenvalue weighted by atomic mass is 19.1. The van der Waals surface area contributed by atoms with Gasteiger partial charge < -0.3 is 14.8 Å². The lowest BCUT2D eigenvalue weighted by molar-refractivity contribution is -0.125. The third kappa shape index (κ3) is 4.81. The summed E-state index contributed by atoms with van der Waals surface area (Å²) >= 11 is 0. The van der Waals surface area contributed by atoms with Crippen LogP contribution in [0.25, 0.3) is 0 Å². The van der Waals surface area contributed by atoms with E-state index in [2.05, 4.69) is 5.32 Å². The summed E-state index contributed by atoms with van der Waals surface area (Å²) in [4.78, 5) is 25.5. The van der Waals surface area contributed by atoms with Crippen molar-refractivity contribution in [2.75, 3.05) is 12.4 Å². The van der Waals surface area contributed by atoms with Crippen LogP contribution in [0.15, 0.2) is 66.7 Å². The van der Waals surface area contributed by atoms with Gasteiger partial charge in [-0.2, -0.15) is 0 Å². The third-order valence-corrected chi connectivity index (χ3v) is 4.33. The average molecular weight is 411 g/mol. The molecular weight excluding hydrogens is 392 g/mol. The number of amides is 1. The number of esters is 1. The number of ether oxygens (including phenoxy) is 2. The van der Waals surface area contributed by atoms with Crippen LogP contribution in [-0.2, 0) is 9.53 Å². The molecule has 154 valence electrons. The molecule has 0 fully saturated rings. The van der Waals surface area contributed by atoms with Gasteiger partial charge in [-0.15, -0.1) is 0 Å². The summed E-state index contributed by atoms with van der Waals surface area (Å²) in [5, 5.41) is 2.69. The summed E-state index contributed by atoms with van der Waals surface area (Å²) in [7, 11) is 1.46. The summed E-state index contributed by atoms with van der Waals surface area (Å²) in [6, 6.07) is 16.0. The van der Waals surface area contributed by atoms with Gasteiger partial charge in [0.2, 0.25) is 6.10 Å². The Hall–Kier alpha value is -3.74. The first-order valence-electron chi connectivity index (χ1n) is 9.05. The highest BCUT2D eigenvalue weighted by Gasteiger charge is 2.27. The summed E-state index contributed by atoms with van der Waals surface area (Å²) in [6.07, 6.45) is -1.37. The Labute approximate surface area is 172 Å². The standard InChI is InChI=1S/C23H19F2NO4/c1-14-8-11-20(29-2)19(12-14)26-22(27)21(15-6-4-3-5-7-15)30-23(28)17-10-9-16(24)13-18(17)25/h3-13,21H,1-2H3,(H,26,27)/t21-/m0/s1. The molecular formula is C23H19F2NO4. The summed E-state index contributed by atoms with van der Waals surface area (Å²) in [5.41, 5.74) is 1.19. The predicted molar refractivity (Wildman–Crippen MR) is 107 cm³/mol. The molecule has 7 heteroatoms. The van der Waals surface area contributed by atoms with Crippen molar-refractivity contribution in [2.24, 2.45) is 0 Å². The van der Waals surface area contributed by atoms with Gasteiger partial charge in [0.25, 0.3) is 5.91 Å². The Balaban J connectivity index is 1.90. The lowest BCUT2D eigenvalue weighted by Crippen LogP contribution is -2.26. The van der Waals surface area contributed by atoms with Crippen LogP contribution in [0.2, 0.25) is 0 Å². The zero-order chi connectivity index (χ0) is 21.7. The summed E-state index contributed by atoms with van der Waals surface area (Å²) in [5.74, 6) is -3.22. The van der Waals surface area contributed by atoms with Crippen LogP contribution >= 0.6 is 0 Å². The third-order valence-electron chi connectivity index (χ3n) is 4.33. The average Bonchev–Trinajstić information content (AvgIpc) is 2.72. The van der Waals surface area contributed by atoms with Crippen molar-refractivity contribution < 1.29 is 27.8 Å². The number of halogens is 2. The quantitative estimate of drug-likeness (QED) is 0.591. The molecule has 0 bridgehead atoms. The number of carbonyl (C=O) groups excluding carboxylic acids is 2. The normalized spacial score (nSPS) is 11.5. The SMILES string of the molecule is COc1ccc(C)cc1NC(=O)[C@@H](OC(=O)c1ccc(F)cc1F)c1ccccc1. The van der Waals surface area contributed by atoms with Crippen LogP contribution in [0.4, 0.5) is 14.5 Å². The fourth-order valence-electron chi connectivity index (χ4n) is 2.84. The number of nitrogens with one attached hydrogen (secondary N) is 1. The fraction of sp³-hybridized carbons (Fsp3) is 0.130. The molecule has 0 unspecified atom stereocenters. The van der Waals surface area contributed by atoms with Crippen molar-refractivity contribution in [3.05, 3.63) is 95.1 Å². The molecule has 3 rings (SSSR count). The zero-order valence-corrected chi connectivity index (χ0v) is 16.3. The first kappa shape index (κ1) is 21.0. The van der Waals surface area contributed by atoms with Crippen LogP contribution in [-0.4, -0.2) is 19.0 Å². The number of methoxy groups -OCH3 is 1. The minimum Gasteiger partial charge on any atom is -0.495 e. The summed E-state index contributed by atoms with van der Waals surface area (Å²) < 4.78 is 37.7. The van der Waals surface area contributed by atoms with Crippen LogP contribution in [0, 0.1) is 18.6 Å². The van der Waals surface area contributed by atoms with Crippen molar-refractivity contribution in [3.63, 3.8) is 0 Å². The van der Waals surface area contributed by atoms with E-state index < -0.39 is 35.2 Å². The van der Waals surface area contributed by atoms with Crippen molar-refractivity contribution in [3.8, 4) is 5.75 Å². The summed E-state index contributed by atoms with van der Waals surface area (Å²) in [6.45, 7) is 1.85. The molecule has 1 atom stereocenters. The van der Waals surface area contributed by atoms with Crippen LogP contribution in [0.5, 0.6) is 5.75 Å². The van der Waals surface area contributed by atoms with Gasteiger partial charge in [-0.25, -0.2) is 13.6 Å². The number of rotatable bonds is 6. The second-order valence-corrected chi connectivity index (χ2v) is 6.51. The van der Waals surface area contributed by atoms with Crippen molar-refractivity contribution in [1.29, 1.82) is 0 Å². The second kappa shape index (κ2) is 9.17. The van der Waals surface area contributed by atoms with E-state index in [4.69, 9.17) is 9.47 Å². The number of carbonyl (C=O) groups is 2.